The normalized spacial score (nSPS) is 12.0. The third-order valence-electron chi connectivity index (χ3n) is 3.06. The van der Waals surface area contributed by atoms with Crippen molar-refractivity contribution in [3.05, 3.63) is 23.9 Å². The highest BCUT2D eigenvalue weighted by molar-refractivity contribution is 7.92. The number of aromatic nitrogens is 1. The van der Waals surface area contributed by atoms with Gasteiger partial charge in [-0.1, -0.05) is 0 Å². The van der Waals surface area contributed by atoms with Crippen molar-refractivity contribution in [3.63, 3.8) is 0 Å². The van der Waals surface area contributed by atoms with E-state index in [4.69, 9.17) is 0 Å². The predicted molar refractivity (Wildman–Crippen MR) is 79.7 cm³/mol. The van der Waals surface area contributed by atoms with Crippen molar-refractivity contribution in [1.82, 2.24) is 10.3 Å². The van der Waals surface area contributed by atoms with Crippen LogP contribution in [0.4, 0.5) is 5.82 Å². The topological polar surface area (TPSA) is 88.2 Å². The summed E-state index contributed by atoms with van der Waals surface area (Å²) < 4.78 is 22.1. The van der Waals surface area contributed by atoms with E-state index in [1.165, 1.54) is 6.20 Å². The third-order valence-corrected chi connectivity index (χ3v) is 5.21. The van der Waals surface area contributed by atoms with Gasteiger partial charge in [0.1, 0.15) is 5.82 Å². The summed E-state index contributed by atoms with van der Waals surface area (Å²) in [5.41, 5.74) is 0.445. The fraction of sp³-hybridized carbons (Fsp3) is 0.538. The van der Waals surface area contributed by atoms with E-state index < -0.39 is 14.6 Å². The molecule has 0 unspecified atom stereocenters. The molecule has 1 rings (SSSR count). The molecule has 0 saturated heterocycles. The summed E-state index contributed by atoms with van der Waals surface area (Å²) >= 11 is 0. The van der Waals surface area contributed by atoms with Gasteiger partial charge >= 0.3 is 0 Å². The molecule has 6 nitrogen and oxygen atoms in total. The van der Waals surface area contributed by atoms with Gasteiger partial charge in [-0.15, -0.1) is 0 Å². The quantitative estimate of drug-likeness (QED) is 0.820. The van der Waals surface area contributed by atoms with Crippen LogP contribution in [0.5, 0.6) is 0 Å². The SMILES string of the molecule is CCNc1cc(C(=O)NCC(C)(C)S(C)(=O)=O)ccn1. The van der Waals surface area contributed by atoms with Crippen molar-refractivity contribution in [2.24, 2.45) is 0 Å². The largest absolute Gasteiger partial charge is 0.370 e. The van der Waals surface area contributed by atoms with Gasteiger partial charge in [-0.05, 0) is 32.9 Å². The number of nitrogens with zero attached hydrogens (tertiary/aromatic N) is 1. The first-order valence-electron chi connectivity index (χ1n) is 6.35. The Morgan fingerprint density at radius 3 is 2.60 bits per heavy atom. The molecule has 0 spiro atoms. The summed E-state index contributed by atoms with van der Waals surface area (Å²) in [5, 5.41) is 5.65. The zero-order valence-electron chi connectivity index (χ0n) is 12.2. The summed E-state index contributed by atoms with van der Waals surface area (Å²) in [6.07, 6.45) is 2.70. The van der Waals surface area contributed by atoms with Crippen LogP contribution in [0.15, 0.2) is 18.3 Å². The maximum Gasteiger partial charge on any atom is 0.251 e. The molecule has 0 radical (unpaired) electrons. The maximum atomic E-state index is 12.0. The fourth-order valence-electron chi connectivity index (χ4n) is 1.38. The third kappa shape index (κ3) is 4.19. The second-order valence-corrected chi connectivity index (χ2v) is 7.82. The lowest BCUT2D eigenvalue weighted by Gasteiger charge is -2.22. The number of anilines is 1. The van der Waals surface area contributed by atoms with E-state index in [-0.39, 0.29) is 12.5 Å². The first kappa shape index (κ1) is 16.4. The number of carbonyl (C=O) groups is 1. The van der Waals surface area contributed by atoms with Gasteiger partial charge < -0.3 is 10.6 Å². The van der Waals surface area contributed by atoms with E-state index >= 15 is 0 Å². The standard InChI is InChI=1S/C13H21N3O3S/c1-5-14-11-8-10(6-7-15-11)12(17)16-9-13(2,3)20(4,18)19/h6-8H,5,9H2,1-4H3,(H,14,15)(H,16,17). The Hall–Kier alpha value is -1.63. The highest BCUT2D eigenvalue weighted by Crippen LogP contribution is 2.14. The Labute approximate surface area is 119 Å². The fourth-order valence-corrected chi connectivity index (χ4v) is 1.71. The number of hydrogen-bond donors (Lipinski definition) is 2. The van der Waals surface area contributed by atoms with Gasteiger partial charge in [0.2, 0.25) is 0 Å². The summed E-state index contributed by atoms with van der Waals surface area (Å²) in [7, 11) is -3.24. The van der Waals surface area contributed by atoms with E-state index in [1.54, 1.807) is 26.0 Å². The Morgan fingerprint density at radius 2 is 2.05 bits per heavy atom. The molecule has 0 aliphatic carbocycles. The molecule has 0 aromatic carbocycles. The molecule has 1 aromatic rings. The van der Waals surface area contributed by atoms with Gasteiger partial charge in [0.15, 0.2) is 9.84 Å². The highest BCUT2D eigenvalue weighted by Gasteiger charge is 2.30. The van der Waals surface area contributed by atoms with E-state index in [1.807, 2.05) is 6.92 Å². The van der Waals surface area contributed by atoms with Crippen LogP contribution in [0, 0.1) is 0 Å². The van der Waals surface area contributed by atoms with Gasteiger partial charge in [-0.2, -0.15) is 0 Å². The van der Waals surface area contributed by atoms with Crippen LogP contribution in [-0.4, -0.2) is 43.4 Å². The number of amides is 1. The van der Waals surface area contributed by atoms with E-state index in [2.05, 4.69) is 15.6 Å². The maximum absolute atomic E-state index is 12.0. The van der Waals surface area contributed by atoms with Crippen molar-refractivity contribution >= 4 is 21.6 Å². The summed E-state index contributed by atoms with van der Waals surface area (Å²) in [6.45, 7) is 5.87. The van der Waals surface area contributed by atoms with Crippen LogP contribution in [0.25, 0.3) is 0 Å². The number of nitrogens with one attached hydrogen (secondary N) is 2. The molecule has 7 heteroatoms. The summed E-state index contributed by atoms with van der Waals surface area (Å²) in [5.74, 6) is 0.297. The van der Waals surface area contributed by atoms with Crippen LogP contribution in [-0.2, 0) is 9.84 Å². The Kier molecular flexibility index (Phi) is 5.10. The van der Waals surface area contributed by atoms with Gasteiger partial charge in [-0.25, -0.2) is 13.4 Å². The monoisotopic (exact) mass is 299 g/mol. The van der Waals surface area contributed by atoms with E-state index in [9.17, 15) is 13.2 Å². The summed E-state index contributed by atoms with van der Waals surface area (Å²) in [4.78, 5) is 16.1. The van der Waals surface area contributed by atoms with Crippen molar-refractivity contribution < 1.29 is 13.2 Å². The minimum absolute atomic E-state index is 0.0591. The molecule has 112 valence electrons. The van der Waals surface area contributed by atoms with Gasteiger partial charge in [0, 0.05) is 31.1 Å². The van der Waals surface area contributed by atoms with Crippen molar-refractivity contribution in [3.8, 4) is 0 Å². The second kappa shape index (κ2) is 6.21. The lowest BCUT2D eigenvalue weighted by molar-refractivity contribution is 0.0950. The zero-order valence-corrected chi connectivity index (χ0v) is 13.0. The van der Waals surface area contributed by atoms with Crippen molar-refractivity contribution in [2.75, 3.05) is 24.7 Å². The molecule has 1 heterocycles. The minimum Gasteiger partial charge on any atom is -0.370 e. The second-order valence-electron chi connectivity index (χ2n) is 5.17. The van der Waals surface area contributed by atoms with Crippen molar-refractivity contribution in [2.45, 2.75) is 25.5 Å². The number of pyridine rings is 1. The number of carbonyl (C=O) groups excluding carboxylic acids is 1. The molecule has 0 aliphatic heterocycles. The zero-order chi connectivity index (χ0) is 15.4. The van der Waals surface area contributed by atoms with Crippen LogP contribution in [0.2, 0.25) is 0 Å². The van der Waals surface area contributed by atoms with Gasteiger partial charge in [0.25, 0.3) is 5.91 Å². The van der Waals surface area contributed by atoms with Gasteiger partial charge in [0.05, 0.1) is 4.75 Å². The molecule has 0 atom stereocenters. The van der Waals surface area contributed by atoms with Crippen LogP contribution in [0.1, 0.15) is 31.1 Å². The van der Waals surface area contributed by atoms with Crippen LogP contribution in [0.3, 0.4) is 0 Å². The predicted octanol–water partition coefficient (Wildman–Crippen LogP) is 1.07. The first-order chi connectivity index (χ1) is 9.17. The first-order valence-corrected chi connectivity index (χ1v) is 8.24. The van der Waals surface area contributed by atoms with E-state index in [0.717, 1.165) is 6.26 Å². The molecule has 1 amide bonds. The molecular formula is C13H21N3O3S. The molecule has 0 bridgehead atoms. The molecule has 1 aromatic heterocycles. The Bertz CT molecular complexity index is 582. The average Bonchev–Trinajstić information content (AvgIpc) is 2.35. The summed E-state index contributed by atoms with van der Waals surface area (Å²) in [6, 6.07) is 3.22. The van der Waals surface area contributed by atoms with Crippen LogP contribution >= 0.6 is 0 Å². The molecule has 20 heavy (non-hydrogen) atoms. The minimum atomic E-state index is -3.24. The number of rotatable bonds is 6. The average molecular weight is 299 g/mol. The molecule has 0 aliphatic rings. The number of hydrogen-bond acceptors (Lipinski definition) is 5. The molecule has 0 saturated carbocycles. The van der Waals surface area contributed by atoms with Crippen LogP contribution < -0.4 is 10.6 Å². The smallest absolute Gasteiger partial charge is 0.251 e. The lowest BCUT2D eigenvalue weighted by atomic mass is 10.2. The Morgan fingerprint density at radius 1 is 1.40 bits per heavy atom. The molecular weight excluding hydrogens is 278 g/mol. The lowest BCUT2D eigenvalue weighted by Crippen LogP contribution is -2.43. The van der Waals surface area contributed by atoms with E-state index in [0.29, 0.717) is 17.9 Å². The van der Waals surface area contributed by atoms with Crippen molar-refractivity contribution in [1.29, 1.82) is 0 Å². The highest BCUT2D eigenvalue weighted by atomic mass is 32.2. The molecule has 2 N–H and O–H groups in total. The Balaban J connectivity index is 2.75. The van der Waals surface area contributed by atoms with Gasteiger partial charge in [-0.3, -0.25) is 4.79 Å². The molecule has 0 fully saturated rings. The number of sulfone groups is 1.